The number of nitro benzene ring substituents is 4. The average Bonchev–Trinajstić information content (AvgIpc) is 3.68. The maximum atomic E-state index is 11.1. The largest absolute Gasteiger partial charge is 0.337 e. The number of aliphatic imine (C=N–C) groups is 4. The lowest BCUT2D eigenvalue weighted by Gasteiger charge is -2.10. The zero-order chi connectivity index (χ0) is 35.4. The van der Waals surface area contributed by atoms with Gasteiger partial charge in [-0.1, -0.05) is 0 Å². The van der Waals surface area contributed by atoms with E-state index in [1.165, 1.54) is 97.1 Å². The Labute approximate surface area is 278 Å². The molecule has 6 rings (SSSR count). The second-order valence-corrected chi connectivity index (χ2v) is 10.2. The minimum absolute atomic E-state index is 0.0160. The van der Waals surface area contributed by atoms with Gasteiger partial charge in [-0.3, -0.25) is 40.5 Å². The van der Waals surface area contributed by atoms with Gasteiger partial charge in [0.25, 0.3) is 22.7 Å². The average molecular weight is 677 g/mol. The topological polar surface area (TPSA) is 270 Å². The van der Waals surface area contributed by atoms with Crippen molar-refractivity contribution >= 4 is 68.8 Å². The van der Waals surface area contributed by atoms with Gasteiger partial charge in [-0.25, -0.2) is 20.0 Å². The second kappa shape index (κ2) is 13.4. The van der Waals surface area contributed by atoms with Gasteiger partial charge < -0.3 is 21.3 Å². The van der Waals surface area contributed by atoms with Crippen LogP contribution in [0.4, 0.5) is 45.5 Å². The number of nitrogens with zero attached hydrogens (tertiary/aromatic N) is 8. The molecule has 0 radical (unpaired) electrons. The van der Waals surface area contributed by atoms with Crippen molar-refractivity contribution in [1.82, 2.24) is 0 Å². The summed E-state index contributed by atoms with van der Waals surface area (Å²) in [5, 5.41) is 56.7. The predicted molar refractivity (Wildman–Crippen MR) is 184 cm³/mol. The van der Waals surface area contributed by atoms with Crippen LogP contribution in [-0.4, -0.2) is 43.0 Å². The Morgan fingerprint density at radius 3 is 0.680 bits per heavy atom. The van der Waals surface area contributed by atoms with E-state index < -0.39 is 19.7 Å². The molecular weight excluding hydrogens is 656 g/mol. The van der Waals surface area contributed by atoms with Gasteiger partial charge in [0.15, 0.2) is 23.3 Å². The molecule has 2 heterocycles. The van der Waals surface area contributed by atoms with E-state index in [1.807, 2.05) is 0 Å². The molecule has 0 unspecified atom stereocenters. The number of non-ortho nitro benzene ring substituents is 4. The molecule has 2 aliphatic heterocycles. The normalized spacial score (nSPS) is 13.4. The summed E-state index contributed by atoms with van der Waals surface area (Å²) in [7, 11) is 0. The molecule has 0 fully saturated rings. The standard InChI is InChI=1S/C30H20N12O8/c43-39(44)21-9-1-17(2-10-21)31-25-26(32-18-3-11-22(12-4-18)40(45)46)36-29(35-25)30-37-27(33-19-5-13-23(14-6-19)41(47)48)28(38-30)34-20-7-15-24(16-8-20)42(49)50/h1-16H,(H,31,35)(H,32,36)(H,33,37)(H,34,38). The fraction of sp³-hybridized carbons (Fsp3) is 0. The molecule has 0 saturated heterocycles. The van der Waals surface area contributed by atoms with Crippen molar-refractivity contribution in [2.45, 2.75) is 0 Å². The van der Waals surface area contributed by atoms with E-state index in [0.717, 1.165) is 0 Å². The first kappa shape index (κ1) is 32.1. The van der Waals surface area contributed by atoms with Gasteiger partial charge in [-0.2, -0.15) is 0 Å². The number of amidine groups is 4. The Balaban J connectivity index is 1.37. The van der Waals surface area contributed by atoms with Crippen molar-refractivity contribution in [1.29, 1.82) is 0 Å². The smallest absolute Gasteiger partial charge is 0.269 e. The number of nitrogens with one attached hydrogen (secondary N) is 4. The summed E-state index contributed by atoms with van der Waals surface area (Å²) < 4.78 is 0. The van der Waals surface area contributed by atoms with Crippen molar-refractivity contribution in [2.75, 3.05) is 21.3 Å². The van der Waals surface area contributed by atoms with Gasteiger partial charge in [0.2, 0.25) is 11.6 Å². The molecule has 0 bridgehead atoms. The summed E-state index contributed by atoms with van der Waals surface area (Å²) in [5.41, 5.74) is 1.22. The van der Waals surface area contributed by atoms with Crippen molar-refractivity contribution in [3.05, 3.63) is 149 Å². The SMILES string of the molecule is O=[N+]([O-])c1ccc(NC2=NC(=C3N=C(Nc4ccc([N+](=O)[O-])cc4)C(Nc4ccc([N+](=O)[O-])cc4)=N3)N=C2Nc2ccc([N+](=O)[O-])cc2)cc1. The van der Waals surface area contributed by atoms with E-state index in [2.05, 4.69) is 41.2 Å². The first-order valence-electron chi connectivity index (χ1n) is 14.2. The van der Waals surface area contributed by atoms with Gasteiger partial charge >= 0.3 is 0 Å². The van der Waals surface area contributed by atoms with Gasteiger partial charge in [0.05, 0.1) is 19.7 Å². The molecule has 4 N–H and O–H groups in total. The molecule has 4 aromatic carbocycles. The summed E-state index contributed by atoms with van der Waals surface area (Å²) in [5.74, 6) is 0.668. The van der Waals surface area contributed by atoms with Crippen molar-refractivity contribution in [3.8, 4) is 0 Å². The Morgan fingerprint density at radius 1 is 0.340 bits per heavy atom. The van der Waals surface area contributed by atoms with Crippen LogP contribution >= 0.6 is 0 Å². The molecule has 2 aliphatic rings. The zero-order valence-electron chi connectivity index (χ0n) is 25.1. The third kappa shape index (κ3) is 7.23. The monoisotopic (exact) mass is 676 g/mol. The number of benzene rings is 4. The maximum Gasteiger partial charge on any atom is 0.269 e. The van der Waals surface area contributed by atoms with Crippen LogP contribution < -0.4 is 21.3 Å². The van der Waals surface area contributed by atoms with Crippen molar-refractivity contribution in [3.63, 3.8) is 0 Å². The zero-order valence-corrected chi connectivity index (χ0v) is 25.1. The Hall–Kier alpha value is -7.90. The van der Waals surface area contributed by atoms with Gasteiger partial charge in [-0.05, 0) is 48.5 Å². The predicted octanol–water partition coefficient (Wildman–Crippen LogP) is 5.82. The molecule has 0 atom stereocenters. The van der Waals surface area contributed by atoms with E-state index in [1.54, 1.807) is 0 Å². The molecule has 50 heavy (non-hydrogen) atoms. The second-order valence-electron chi connectivity index (χ2n) is 10.2. The molecule has 20 nitrogen and oxygen atoms in total. The molecule has 0 amide bonds. The summed E-state index contributed by atoms with van der Waals surface area (Å²) in [4.78, 5) is 60.6. The van der Waals surface area contributed by atoms with Crippen LogP contribution in [0, 0.1) is 40.5 Å². The third-order valence-electron chi connectivity index (χ3n) is 6.88. The number of hydrogen-bond donors (Lipinski definition) is 4. The number of rotatable bonds is 8. The highest BCUT2D eigenvalue weighted by molar-refractivity contribution is 6.51. The quantitative estimate of drug-likeness (QED) is 0.127. The molecular formula is C30H20N12O8. The minimum atomic E-state index is -0.539. The Bertz CT molecular complexity index is 1880. The van der Waals surface area contributed by atoms with Crippen LogP contribution in [0.25, 0.3) is 0 Å². The van der Waals surface area contributed by atoms with Crippen LogP contribution in [0.15, 0.2) is 129 Å². The highest BCUT2D eigenvalue weighted by Gasteiger charge is 2.26. The van der Waals surface area contributed by atoms with Crippen LogP contribution in [0.2, 0.25) is 0 Å². The van der Waals surface area contributed by atoms with E-state index >= 15 is 0 Å². The maximum absolute atomic E-state index is 11.1. The molecule has 0 spiro atoms. The molecule has 0 aliphatic carbocycles. The van der Waals surface area contributed by atoms with Gasteiger partial charge in [-0.15, -0.1) is 0 Å². The number of nitro groups is 4. The summed E-state index contributed by atoms with van der Waals surface area (Å²) in [6.07, 6.45) is 0. The highest BCUT2D eigenvalue weighted by Crippen LogP contribution is 2.26. The van der Waals surface area contributed by atoms with Crippen molar-refractivity contribution < 1.29 is 19.7 Å². The first-order valence-corrected chi connectivity index (χ1v) is 14.2. The Kier molecular flexibility index (Phi) is 8.62. The van der Waals surface area contributed by atoms with E-state index in [4.69, 9.17) is 0 Å². The number of hydrogen-bond acceptors (Lipinski definition) is 16. The van der Waals surface area contributed by atoms with Crippen molar-refractivity contribution in [2.24, 2.45) is 20.0 Å². The summed E-state index contributed by atoms with van der Waals surface area (Å²) in [6.45, 7) is 0. The molecule has 4 aromatic rings. The lowest BCUT2D eigenvalue weighted by molar-refractivity contribution is -0.385. The number of anilines is 4. The molecule has 0 aromatic heterocycles. The van der Waals surface area contributed by atoms with Gasteiger partial charge in [0.1, 0.15) is 0 Å². The van der Waals surface area contributed by atoms with E-state index in [9.17, 15) is 40.5 Å². The molecule has 0 saturated carbocycles. The fourth-order valence-corrected chi connectivity index (χ4v) is 4.45. The summed E-state index contributed by atoms with van der Waals surface area (Å²) in [6, 6.07) is 22.2. The van der Waals surface area contributed by atoms with Gasteiger partial charge in [0, 0.05) is 71.3 Å². The lowest BCUT2D eigenvalue weighted by atomic mass is 10.2. The lowest BCUT2D eigenvalue weighted by Crippen LogP contribution is -2.27. The fourth-order valence-electron chi connectivity index (χ4n) is 4.45. The third-order valence-corrected chi connectivity index (χ3v) is 6.88. The van der Waals surface area contributed by atoms with Crippen LogP contribution in [0.3, 0.4) is 0 Å². The van der Waals surface area contributed by atoms with Crippen LogP contribution in [-0.2, 0) is 0 Å². The van der Waals surface area contributed by atoms with E-state index in [-0.39, 0.29) is 57.7 Å². The van der Waals surface area contributed by atoms with Crippen LogP contribution in [0.1, 0.15) is 0 Å². The van der Waals surface area contributed by atoms with Crippen LogP contribution in [0.5, 0.6) is 0 Å². The summed E-state index contributed by atoms with van der Waals surface area (Å²) >= 11 is 0. The molecule has 248 valence electrons. The minimum Gasteiger partial charge on any atom is -0.337 e. The Morgan fingerprint density at radius 2 is 0.520 bits per heavy atom. The molecule has 20 heteroatoms. The van der Waals surface area contributed by atoms with E-state index in [0.29, 0.717) is 22.7 Å². The first-order chi connectivity index (χ1) is 24.0. The highest BCUT2D eigenvalue weighted by atomic mass is 16.6.